The molecule has 0 unspecified atom stereocenters. The van der Waals surface area contributed by atoms with Crippen LogP contribution in [-0.4, -0.2) is 51.5 Å². The van der Waals surface area contributed by atoms with E-state index >= 15 is 0 Å². The third-order valence-corrected chi connectivity index (χ3v) is 7.24. The average molecular weight is 519 g/mol. The van der Waals surface area contributed by atoms with E-state index in [2.05, 4.69) is 78.9 Å². The van der Waals surface area contributed by atoms with Crippen molar-refractivity contribution in [3.63, 3.8) is 0 Å². The van der Waals surface area contributed by atoms with Crippen LogP contribution in [0.5, 0.6) is 0 Å². The average Bonchev–Trinajstić information content (AvgIpc) is 3.36. The fourth-order valence-electron chi connectivity index (χ4n) is 4.34. The van der Waals surface area contributed by atoms with Crippen LogP contribution in [0.25, 0.3) is 11.3 Å². The summed E-state index contributed by atoms with van der Waals surface area (Å²) in [7, 11) is 0. The lowest BCUT2D eigenvalue weighted by molar-refractivity contribution is 0.0602. The number of aromatic nitrogens is 2. The fourth-order valence-corrected chi connectivity index (χ4v) is 5.26. The summed E-state index contributed by atoms with van der Waals surface area (Å²) < 4.78 is 5.07. The summed E-state index contributed by atoms with van der Waals surface area (Å²) in [6, 6.07) is 29.2. The van der Waals surface area contributed by atoms with Gasteiger partial charge in [-0.1, -0.05) is 93.2 Å². The van der Waals surface area contributed by atoms with Gasteiger partial charge in [0.05, 0.1) is 6.04 Å². The summed E-state index contributed by atoms with van der Waals surface area (Å²) in [5.74, 6) is 0.0125. The molecule has 1 saturated heterocycles. The molecule has 1 fully saturated rings. The number of benzene rings is 3. The molecule has 5 rings (SSSR count). The highest BCUT2D eigenvalue weighted by atomic mass is 79.9. The molecule has 5 nitrogen and oxygen atoms in total. The molecule has 166 valence electrons. The molecule has 1 aliphatic rings. The van der Waals surface area contributed by atoms with Crippen LogP contribution in [0.4, 0.5) is 0 Å². The first-order valence-electron chi connectivity index (χ1n) is 10.9. The molecule has 0 aliphatic carbocycles. The van der Waals surface area contributed by atoms with Crippen LogP contribution < -0.4 is 0 Å². The predicted octanol–water partition coefficient (Wildman–Crippen LogP) is 5.52. The summed E-state index contributed by atoms with van der Waals surface area (Å²) >= 11 is 4.63. The topological polar surface area (TPSA) is 49.3 Å². The first-order chi connectivity index (χ1) is 16.2. The van der Waals surface area contributed by atoms with Gasteiger partial charge in [0, 0.05) is 36.2 Å². The van der Waals surface area contributed by atoms with E-state index in [1.165, 1.54) is 22.7 Å². The Morgan fingerprint density at radius 3 is 1.97 bits per heavy atom. The molecule has 33 heavy (non-hydrogen) atoms. The normalized spacial score (nSPS) is 14.5. The van der Waals surface area contributed by atoms with Crippen LogP contribution in [-0.2, 0) is 0 Å². The molecule has 0 N–H and O–H groups in total. The molecule has 0 bridgehead atoms. The Balaban J connectivity index is 1.33. The standard InChI is InChI=1S/C26H23BrN4OS/c27-22-13-11-19(12-14-22)23-25(33-29-28-23)26(32)31-17-15-30(16-18-31)24(20-7-3-1-4-8-20)21-9-5-2-6-10-21/h1-14,24H,15-18H2. The lowest BCUT2D eigenvalue weighted by Gasteiger charge is -2.39. The number of hydrogen-bond acceptors (Lipinski definition) is 5. The van der Waals surface area contributed by atoms with Gasteiger partial charge in [0.15, 0.2) is 0 Å². The van der Waals surface area contributed by atoms with Gasteiger partial charge in [-0.05, 0) is 34.8 Å². The zero-order valence-corrected chi connectivity index (χ0v) is 20.4. The van der Waals surface area contributed by atoms with E-state index in [0.717, 1.165) is 23.1 Å². The largest absolute Gasteiger partial charge is 0.335 e. The lowest BCUT2D eigenvalue weighted by atomic mass is 9.96. The number of nitrogens with zero attached hydrogens (tertiary/aromatic N) is 4. The van der Waals surface area contributed by atoms with Crippen molar-refractivity contribution < 1.29 is 4.79 Å². The van der Waals surface area contributed by atoms with E-state index < -0.39 is 0 Å². The highest BCUT2D eigenvalue weighted by Crippen LogP contribution is 2.31. The van der Waals surface area contributed by atoms with Crippen LogP contribution in [0.15, 0.2) is 89.4 Å². The molecule has 0 radical (unpaired) electrons. The van der Waals surface area contributed by atoms with Crippen molar-refractivity contribution in [1.29, 1.82) is 0 Å². The van der Waals surface area contributed by atoms with Crippen LogP contribution in [0.1, 0.15) is 26.8 Å². The van der Waals surface area contributed by atoms with Crippen molar-refractivity contribution in [3.05, 3.63) is 105 Å². The van der Waals surface area contributed by atoms with Crippen LogP contribution >= 0.6 is 27.5 Å². The number of halogens is 1. The van der Waals surface area contributed by atoms with Crippen molar-refractivity contribution in [2.45, 2.75) is 6.04 Å². The monoisotopic (exact) mass is 518 g/mol. The molecule has 1 aromatic heterocycles. The van der Waals surface area contributed by atoms with Gasteiger partial charge in [-0.15, -0.1) is 5.10 Å². The fraction of sp³-hybridized carbons (Fsp3) is 0.192. The van der Waals surface area contributed by atoms with E-state index in [-0.39, 0.29) is 11.9 Å². The summed E-state index contributed by atoms with van der Waals surface area (Å²) in [6.45, 7) is 2.96. The SMILES string of the molecule is O=C(c1snnc1-c1ccc(Br)cc1)N1CCN(C(c2ccccc2)c2ccccc2)CC1. The van der Waals surface area contributed by atoms with Gasteiger partial charge in [-0.25, -0.2) is 0 Å². The second kappa shape index (κ2) is 9.95. The Kier molecular flexibility index (Phi) is 6.62. The van der Waals surface area contributed by atoms with Gasteiger partial charge in [0.2, 0.25) is 0 Å². The van der Waals surface area contributed by atoms with E-state index in [9.17, 15) is 4.79 Å². The van der Waals surface area contributed by atoms with Crippen molar-refractivity contribution in [2.75, 3.05) is 26.2 Å². The van der Waals surface area contributed by atoms with Crippen LogP contribution in [0.3, 0.4) is 0 Å². The lowest BCUT2D eigenvalue weighted by Crippen LogP contribution is -2.49. The van der Waals surface area contributed by atoms with E-state index in [1.807, 2.05) is 41.3 Å². The second-order valence-corrected chi connectivity index (χ2v) is 9.68. The van der Waals surface area contributed by atoms with Crippen molar-refractivity contribution in [3.8, 4) is 11.3 Å². The maximum absolute atomic E-state index is 13.4. The van der Waals surface area contributed by atoms with Gasteiger partial charge in [0.1, 0.15) is 10.6 Å². The number of carbonyl (C=O) groups excluding carboxylic acids is 1. The summed E-state index contributed by atoms with van der Waals surface area (Å²) in [5.41, 5.74) is 4.11. The van der Waals surface area contributed by atoms with Gasteiger partial charge >= 0.3 is 0 Å². The maximum atomic E-state index is 13.4. The van der Waals surface area contributed by atoms with Crippen LogP contribution in [0, 0.1) is 0 Å². The summed E-state index contributed by atoms with van der Waals surface area (Å²) in [4.78, 5) is 18.4. The zero-order valence-electron chi connectivity index (χ0n) is 18.0. The van der Waals surface area contributed by atoms with E-state index in [1.54, 1.807) is 0 Å². The van der Waals surface area contributed by atoms with Gasteiger partial charge in [-0.2, -0.15) is 0 Å². The molecule has 0 saturated carbocycles. The first kappa shape index (κ1) is 21.9. The summed E-state index contributed by atoms with van der Waals surface area (Å²) in [6.07, 6.45) is 0. The van der Waals surface area contributed by atoms with Crippen LogP contribution in [0.2, 0.25) is 0 Å². The Bertz CT molecular complexity index is 1170. The smallest absolute Gasteiger partial charge is 0.267 e. The second-order valence-electron chi connectivity index (χ2n) is 8.01. The highest BCUT2D eigenvalue weighted by Gasteiger charge is 2.30. The maximum Gasteiger partial charge on any atom is 0.267 e. The Morgan fingerprint density at radius 2 is 1.39 bits per heavy atom. The summed E-state index contributed by atoms with van der Waals surface area (Å²) in [5, 5.41) is 4.25. The molecule has 3 aromatic carbocycles. The Labute approximate surface area is 206 Å². The van der Waals surface area contributed by atoms with Gasteiger partial charge in [0.25, 0.3) is 5.91 Å². The molecule has 4 aromatic rings. The van der Waals surface area contributed by atoms with Crippen molar-refractivity contribution in [2.24, 2.45) is 0 Å². The van der Waals surface area contributed by atoms with E-state index in [4.69, 9.17) is 0 Å². The quantitative estimate of drug-likeness (QED) is 0.349. The Morgan fingerprint density at radius 1 is 0.818 bits per heavy atom. The van der Waals surface area contributed by atoms with E-state index in [0.29, 0.717) is 23.7 Å². The first-order valence-corrected chi connectivity index (χ1v) is 12.5. The minimum Gasteiger partial charge on any atom is -0.335 e. The van der Waals surface area contributed by atoms with Gasteiger partial charge < -0.3 is 4.90 Å². The third-order valence-electron chi connectivity index (χ3n) is 6.00. The Hall–Kier alpha value is -2.87. The molecule has 0 atom stereocenters. The predicted molar refractivity (Wildman–Crippen MR) is 135 cm³/mol. The molecule has 1 aliphatic heterocycles. The van der Waals surface area contributed by atoms with Gasteiger partial charge in [-0.3, -0.25) is 9.69 Å². The minimum atomic E-state index is 0.0125. The molecule has 1 amide bonds. The number of amides is 1. The molecular formula is C26H23BrN4OS. The number of carbonyl (C=O) groups is 1. The third kappa shape index (κ3) is 4.76. The number of hydrogen-bond donors (Lipinski definition) is 0. The highest BCUT2D eigenvalue weighted by molar-refractivity contribution is 9.10. The molecule has 0 spiro atoms. The minimum absolute atomic E-state index is 0.0125. The number of rotatable bonds is 5. The molecular weight excluding hydrogens is 496 g/mol. The zero-order chi connectivity index (χ0) is 22.6. The van der Waals surface area contributed by atoms with Crippen molar-refractivity contribution >= 4 is 33.4 Å². The number of piperazine rings is 1. The van der Waals surface area contributed by atoms with Crippen molar-refractivity contribution in [1.82, 2.24) is 19.4 Å². The molecule has 2 heterocycles. The molecule has 7 heteroatoms.